The number of para-hydroxylation sites is 1. The van der Waals surface area contributed by atoms with E-state index in [1.807, 2.05) is 24.3 Å². The molecule has 10 nitrogen and oxygen atoms in total. The first-order valence-electron chi connectivity index (χ1n) is 16.7. The molecule has 4 aliphatic heterocycles. The van der Waals surface area contributed by atoms with Gasteiger partial charge in [0.15, 0.2) is 0 Å². The van der Waals surface area contributed by atoms with Crippen molar-refractivity contribution in [1.29, 1.82) is 0 Å². The number of piperazine rings is 1. The summed E-state index contributed by atoms with van der Waals surface area (Å²) in [6.45, 7) is 5.30. The molecule has 3 saturated heterocycles. The number of alkyl halides is 3. The van der Waals surface area contributed by atoms with Crippen LogP contribution in [0.4, 0.5) is 28.4 Å². The van der Waals surface area contributed by atoms with Crippen molar-refractivity contribution in [3.8, 4) is 0 Å². The topological polar surface area (TPSA) is 108 Å². The average Bonchev–Trinajstić information content (AvgIpc) is 3.24. The summed E-state index contributed by atoms with van der Waals surface area (Å²) in [4.78, 5) is 47.8. The molecule has 2 unspecified atom stereocenters. The maximum atomic E-state index is 14.5. The smallest absolute Gasteiger partial charge is 0.417 e. The summed E-state index contributed by atoms with van der Waals surface area (Å²) in [5.74, 6) is -1.12. The summed E-state index contributed by atoms with van der Waals surface area (Å²) in [6, 6.07) is 9.96. The number of anilines is 1. The lowest BCUT2D eigenvalue weighted by Crippen LogP contribution is -2.59. The number of piperidine rings is 2. The molecule has 0 spiro atoms. The molecule has 3 fully saturated rings. The van der Waals surface area contributed by atoms with E-state index < -0.39 is 34.8 Å². The van der Waals surface area contributed by atoms with Crippen LogP contribution in [0.2, 0.25) is 5.02 Å². The maximum Gasteiger partial charge on any atom is 0.417 e. The van der Waals surface area contributed by atoms with Crippen LogP contribution in [0.3, 0.4) is 0 Å². The van der Waals surface area contributed by atoms with E-state index in [-0.39, 0.29) is 37.4 Å². The summed E-state index contributed by atoms with van der Waals surface area (Å²) in [7, 11) is 0. The van der Waals surface area contributed by atoms with Gasteiger partial charge in [-0.2, -0.15) is 13.2 Å². The van der Waals surface area contributed by atoms with Gasteiger partial charge in [0, 0.05) is 76.2 Å². The first-order valence-corrected chi connectivity index (χ1v) is 17.1. The van der Waals surface area contributed by atoms with Crippen LogP contribution in [-0.4, -0.2) is 113 Å². The van der Waals surface area contributed by atoms with Gasteiger partial charge in [0.1, 0.15) is 0 Å². The van der Waals surface area contributed by atoms with Gasteiger partial charge in [0.05, 0.1) is 16.5 Å². The van der Waals surface area contributed by atoms with Crippen molar-refractivity contribution in [2.45, 2.75) is 62.8 Å². The molecule has 0 saturated carbocycles. The Morgan fingerprint density at radius 2 is 1.67 bits per heavy atom. The minimum absolute atomic E-state index is 0.00716. The SMILES string of the molecule is O=C(C(Cc1ccc(C(F)(F)F)c(Cl)c1)[C@H]1CC(N2CCc3ccccc3NC2=O)CCN1C(=O)O)N1CCC(N2CCNCC2)CC1. The molecule has 14 heteroatoms. The number of halogens is 4. The van der Waals surface area contributed by atoms with Gasteiger partial charge in [-0.1, -0.05) is 35.9 Å². The zero-order chi connectivity index (χ0) is 34.0. The molecule has 0 bridgehead atoms. The molecule has 4 heterocycles. The maximum absolute atomic E-state index is 14.5. The molecule has 2 aromatic carbocycles. The third kappa shape index (κ3) is 7.52. The number of hydrogen-bond acceptors (Lipinski definition) is 5. The lowest BCUT2D eigenvalue weighted by molar-refractivity contribution is -0.140. The van der Waals surface area contributed by atoms with Gasteiger partial charge < -0.3 is 30.4 Å². The monoisotopic (exact) mass is 690 g/mol. The van der Waals surface area contributed by atoms with Gasteiger partial charge in [-0.25, -0.2) is 9.59 Å². The Morgan fingerprint density at radius 3 is 2.35 bits per heavy atom. The van der Waals surface area contributed by atoms with Crippen LogP contribution in [0.25, 0.3) is 0 Å². The van der Waals surface area contributed by atoms with Crippen LogP contribution in [0.5, 0.6) is 0 Å². The highest BCUT2D eigenvalue weighted by atomic mass is 35.5. The molecule has 6 rings (SSSR count). The number of urea groups is 1. The Kier molecular flexibility index (Phi) is 10.4. The van der Waals surface area contributed by atoms with Crippen molar-refractivity contribution < 1.29 is 32.7 Å². The lowest BCUT2D eigenvalue weighted by Gasteiger charge is -2.46. The average molecular weight is 691 g/mol. The van der Waals surface area contributed by atoms with Crippen molar-refractivity contribution in [2.24, 2.45) is 5.92 Å². The fourth-order valence-corrected chi connectivity index (χ4v) is 8.22. The Hall–Kier alpha value is -3.55. The fraction of sp³-hybridized carbons (Fsp3) is 0.559. The molecular weight excluding hydrogens is 649 g/mol. The van der Waals surface area contributed by atoms with Crippen molar-refractivity contribution in [1.82, 2.24) is 24.9 Å². The lowest BCUT2D eigenvalue weighted by atomic mass is 9.82. The van der Waals surface area contributed by atoms with Gasteiger partial charge in [-0.05, 0) is 67.9 Å². The van der Waals surface area contributed by atoms with Crippen molar-refractivity contribution >= 4 is 35.3 Å². The number of benzene rings is 2. The van der Waals surface area contributed by atoms with E-state index in [2.05, 4.69) is 15.5 Å². The van der Waals surface area contributed by atoms with Crippen LogP contribution < -0.4 is 10.6 Å². The molecule has 3 atom stereocenters. The number of rotatable bonds is 6. The second kappa shape index (κ2) is 14.5. The van der Waals surface area contributed by atoms with Crippen molar-refractivity contribution in [3.63, 3.8) is 0 Å². The van der Waals surface area contributed by atoms with E-state index in [1.54, 1.807) is 9.80 Å². The number of nitrogens with one attached hydrogen (secondary N) is 2. The summed E-state index contributed by atoms with van der Waals surface area (Å²) >= 11 is 6.09. The molecule has 2 aromatic rings. The Bertz CT molecular complexity index is 1500. The summed E-state index contributed by atoms with van der Waals surface area (Å²) in [6.07, 6.45) is -2.99. The minimum atomic E-state index is -4.64. The number of amides is 4. The van der Waals surface area contributed by atoms with Gasteiger partial charge in [-0.3, -0.25) is 9.69 Å². The number of carbonyl (C=O) groups is 3. The second-order valence-electron chi connectivity index (χ2n) is 13.2. The van der Waals surface area contributed by atoms with E-state index in [9.17, 15) is 32.7 Å². The first-order chi connectivity index (χ1) is 23.0. The summed E-state index contributed by atoms with van der Waals surface area (Å²) < 4.78 is 40.6. The predicted octanol–water partition coefficient (Wildman–Crippen LogP) is 5.01. The second-order valence-corrected chi connectivity index (χ2v) is 13.6. The highest BCUT2D eigenvalue weighted by Gasteiger charge is 2.44. The van der Waals surface area contributed by atoms with Crippen LogP contribution in [0.1, 0.15) is 42.4 Å². The van der Waals surface area contributed by atoms with Crippen LogP contribution in [-0.2, 0) is 23.8 Å². The van der Waals surface area contributed by atoms with Crippen LogP contribution >= 0.6 is 11.6 Å². The summed E-state index contributed by atoms with van der Waals surface area (Å²) in [5, 5.41) is 16.2. The zero-order valence-corrected chi connectivity index (χ0v) is 27.5. The summed E-state index contributed by atoms with van der Waals surface area (Å²) in [5.41, 5.74) is 1.19. The molecular formula is C34H42ClF3N6O4. The van der Waals surface area contributed by atoms with Crippen molar-refractivity contribution in [2.75, 3.05) is 57.7 Å². The normalized spacial score (nSPS) is 23.7. The molecule has 0 radical (unpaired) electrons. The molecule has 0 aliphatic carbocycles. The van der Waals surface area contributed by atoms with E-state index in [1.165, 1.54) is 17.0 Å². The molecule has 3 N–H and O–H groups in total. The van der Waals surface area contributed by atoms with E-state index in [4.69, 9.17) is 11.6 Å². The molecule has 4 amide bonds. The third-order valence-electron chi connectivity index (χ3n) is 10.5. The molecule has 4 aliphatic rings. The number of fused-ring (bicyclic) bond motifs is 1. The molecule has 0 aromatic heterocycles. The van der Waals surface area contributed by atoms with Gasteiger partial charge >= 0.3 is 18.3 Å². The number of nitrogens with zero attached hydrogens (tertiary/aromatic N) is 4. The fourth-order valence-electron chi connectivity index (χ4n) is 7.91. The number of likely N-dealkylation sites (tertiary alicyclic amines) is 2. The van der Waals surface area contributed by atoms with E-state index in [0.29, 0.717) is 44.1 Å². The Morgan fingerprint density at radius 1 is 0.958 bits per heavy atom. The van der Waals surface area contributed by atoms with Gasteiger partial charge in [0.25, 0.3) is 0 Å². The Labute approximate surface area is 283 Å². The highest BCUT2D eigenvalue weighted by Crippen LogP contribution is 2.37. The number of carbonyl (C=O) groups excluding carboxylic acids is 2. The highest BCUT2D eigenvalue weighted by molar-refractivity contribution is 6.31. The van der Waals surface area contributed by atoms with Gasteiger partial charge in [-0.15, -0.1) is 0 Å². The Balaban J connectivity index is 1.27. The predicted molar refractivity (Wildman–Crippen MR) is 175 cm³/mol. The standard InChI is InChI=1S/C34H42ClF3N6O4/c35-28-20-22(5-6-27(28)34(36,37)38)19-26(31(45)42-13-8-24(9-14-42)41-17-11-39-12-18-41)30-21-25(10-16-44(30)33(47)48)43-15-7-23-3-1-2-4-29(23)40-32(43)46/h1-6,20,24-26,30,39H,7-19,21H2,(H,40,46)(H,47,48)/t25?,26?,30-/m1/s1. The minimum Gasteiger partial charge on any atom is -0.465 e. The first kappa shape index (κ1) is 34.3. The molecule has 260 valence electrons. The largest absolute Gasteiger partial charge is 0.465 e. The van der Waals surface area contributed by atoms with Gasteiger partial charge in [0.2, 0.25) is 5.91 Å². The van der Waals surface area contributed by atoms with Crippen molar-refractivity contribution in [3.05, 3.63) is 64.2 Å². The van der Waals surface area contributed by atoms with Crippen LogP contribution in [0.15, 0.2) is 42.5 Å². The third-order valence-corrected chi connectivity index (χ3v) is 10.8. The number of carboxylic acid groups (broad SMARTS) is 1. The van der Waals surface area contributed by atoms with Crippen LogP contribution in [0, 0.1) is 5.92 Å². The number of hydrogen-bond donors (Lipinski definition) is 3. The van der Waals surface area contributed by atoms with E-state index >= 15 is 0 Å². The van der Waals surface area contributed by atoms with E-state index in [0.717, 1.165) is 56.3 Å². The quantitative estimate of drug-likeness (QED) is 0.393. The molecule has 48 heavy (non-hydrogen) atoms. The zero-order valence-electron chi connectivity index (χ0n) is 26.7.